The summed E-state index contributed by atoms with van der Waals surface area (Å²) < 4.78 is 5.64. The molecule has 1 unspecified atom stereocenters. The van der Waals surface area contributed by atoms with E-state index in [4.69, 9.17) is 4.74 Å². The van der Waals surface area contributed by atoms with Gasteiger partial charge in [0.25, 0.3) is 0 Å². The van der Waals surface area contributed by atoms with Crippen molar-refractivity contribution < 1.29 is 9.84 Å². The van der Waals surface area contributed by atoms with Crippen molar-refractivity contribution in [1.29, 1.82) is 0 Å². The number of aliphatic hydroxyl groups is 1. The molecule has 0 saturated heterocycles. The summed E-state index contributed by atoms with van der Waals surface area (Å²) in [5.74, 6) is 0.771. The Morgan fingerprint density at radius 3 is 2.63 bits per heavy atom. The number of rotatable bonds is 4. The summed E-state index contributed by atoms with van der Waals surface area (Å²) in [6, 6.07) is 11.3. The second-order valence-electron chi connectivity index (χ2n) is 4.82. The predicted molar refractivity (Wildman–Crippen MR) is 75.2 cm³/mol. The summed E-state index contributed by atoms with van der Waals surface area (Å²) >= 11 is 0. The number of aromatic nitrogens is 1. The zero-order chi connectivity index (χ0) is 13.8. The number of benzene rings is 1. The fraction of sp³-hybridized carbons (Fsp3) is 0.312. The molecule has 0 aliphatic carbocycles. The van der Waals surface area contributed by atoms with Crippen LogP contribution in [0.15, 0.2) is 42.6 Å². The molecule has 0 saturated carbocycles. The molecule has 0 spiro atoms. The van der Waals surface area contributed by atoms with E-state index in [9.17, 15) is 5.11 Å². The van der Waals surface area contributed by atoms with Crippen LogP contribution >= 0.6 is 0 Å². The van der Waals surface area contributed by atoms with Gasteiger partial charge in [-0.25, -0.2) is 0 Å². The van der Waals surface area contributed by atoms with Crippen molar-refractivity contribution >= 4 is 0 Å². The molecule has 3 nitrogen and oxygen atoms in total. The molecule has 0 aliphatic heterocycles. The first kappa shape index (κ1) is 13.6. The van der Waals surface area contributed by atoms with Crippen molar-refractivity contribution in [2.75, 3.05) is 0 Å². The first-order valence-corrected chi connectivity index (χ1v) is 6.44. The number of nitrogens with zero attached hydrogens (tertiary/aromatic N) is 1. The summed E-state index contributed by atoms with van der Waals surface area (Å²) in [5.41, 5.74) is 2.48. The fourth-order valence-electron chi connectivity index (χ4n) is 2.00. The molecular formula is C16H19NO2. The summed E-state index contributed by atoms with van der Waals surface area (Å²) in [7, 11) is 0. The molecule has 0 amide bonds. The van der Waals surface area contributed by atoms with E-state index in [1.807, 2.05) is 57.2 Å². The second kappa shape index (κ2) is 5.85. The third kappa shape index (κ3) is 3.32. The van der Waals surface area contributed by atoms with Crippen LogP contribution in [0.2, 0.25) is 0 Å². The van der Waals surface area contributed by atoms with Crippen molar-refractivity contribution in [1.82, 2.24) is 4.98 Å². The van der Waals surface area contributed by atoms with E-state index in [0.717, 1.165) is 22.6 Å². The third-order valence-corrected chi connectivity index (χ3v) is 2.89. The molecule has 1 aromatic carbocycles. The normalized spacial score (nSPS) is 12.5. The number of hydrogen-bond acceptors (Lipinski definition) is 3. The van der Waals surface area contributed by atoms with Crippen molar-refractivity contribution in [3.63, 3.8) is 0 Å². The van der Waals surface area contributed by atoms with Gasteiger partial charge in [0, 0.05) is 17.5 Å². The van der Waals surface area contributed by atoms with Crippen molar-refractivity contribution in [3.8, 4) is 5.75 Å². The van der Waals surface area contributed by atoms with Crippen LogP contribution in [0.5, 0.6) is 5.75 Å². The summed E-state index contributed by atoms with van der Waals surface area (Å²) in [6.45, 7) is 5.86. The van der Waals surface area contributed by atoms with Gasteiger partial charge < -0.3 is 9.84 Å². The lowest BCUT2D eigenvalue weighted by atomic mass is 10.0. The van der Waals surface area contributed by atoms with E-state index in [-0.39, 0.29) is 6.10 Å². The van der Waals surface area contributed by atoms with Gasteiger partial charge in [0.05, 0.1) is 6.10 Å². The Kier molecular flexibility index (Phi) is 4.17. The van der Waals surface area contributed by atoms with E-state index < -0.39 is 6.10 Å². The lowest BCUT2D eigenvalue weighted by Gasteiger charge is -2.15. The smallest absolute Gasteiger partial charge is 0.120 e. The van der Waals surface area contributed by atoms with Gasteiger partial charge in [0.15, 0.2) is 0 Å². The molecule has 1 atom stereocenters. The van der Waals surface area contributed by atoms with Gasteiger partial charge >= 0.3 is 0 Å². The Balaban J connectivity index is 2.29. The molecular weight excluding hydrogens is 238 g/mol. The number of hydrogen-bond donors (Lipinski definition) is 1. The molecule has 0 aliphatic rings. The van der Waals surface area contributed by atoms with E-state index >= 15 is 0 Å². The lowest BCUT2D eigenvalue weighted by molar-refractivity contribution is 0.215. The summed E-state index contributed by atoms with van der Waals surface area (Å²) in [6.07, 6.45) is 1.17. The Labute approximate surface area is 113 Å². The summed E-state index contributed by atoms with van der Waals surface area (Å²) in [4.78, 5) is 4.21. The van der Waals surface area contributed by atoms with Crippen LogP contribution in [0.3, 0.4) is 0 Å². The van der Waals surface area contributed by atoms with Gasteiger partial charge in [-0.1, -0.05) is 18.2 Å². The molecule has 0 bridgehead atoms. The van der Waals surface area contributed by atoms with E-state index in [2.05, 4.69) is 4.98 Å². The topological polar surface area (TPSA) is 42.4 Å². The van der Waals surface area contributed by atoms with Gasteiger partial charge in [0.1, 0.15) is 11.9 Å². The molecule has 0 fully saturated rings. The lowest BCUT2D eigenvalue weighted by Crippen LogP contribution is -2.07. The Morgan fingerprint density at radius 2 is 1.95 bits per heavy atom. The SMILES string of the molecule is Cc1ncccc1C(O)c1cccc(OC(C)C)c1. The second-order valence-corrected chi connectivity index (χ2v) is 4.82. The van der Waals surface area contributed by atoms with Gasteiger partial charge in [-0.05, 0) is 44.5 Å². The van der Waals surface area contributed by atoms with Crippen LogP contribution in [0.4, 0.5) is 0 Å². The third-order valence-electron chi connectivity index (χ3n) is 2.89. The van der Waals surface area contributed by atoms with Gasteiger partial charge in [-0.15, -0.1) is 0 Å². The highest BCUT2D eigenvalue weighted by Gasteiger charge is 2.14. The quantitative estimate of drug-likeness (QED) is 0.914. The first-order valence-electron chi connectivity index (χ1n) is 6.44. The molecule has 2 rings (SSSR count). The average molecular weight is 257 g/mol. The van der Waals surface area contributed by atoms with E-state index in [0.29, 0.717) is 0 Å². The Bertz CT molecular complexity index is 552. The first-order chi connectivity index (χ1) is 9.08. The number of pyridine rings is 1. The number of ether oxygens (including phenoxy) is 1. The predicted octanol–water partition coefficient (Wildman–Crippen LogP) is 3.26. The molecule has 1 heterocycles. The molecule has 1 N–H and O–H groups in total. The molecule has 0 radical (unpaired) electrons. The highest BCUT2D eigenvalue weighted by atomic mass is 16.5. The maximum absolute atomic E-state index is 10.4. The van der Waals surface area contributed by atoms with Crippen molar-refractivity contribution in [2.24, 2.45) is 0 Å². The Hall–Kier alpha value is -1.87. The maximum Gasteiger partial charge on any atom is 0.120 e. The van der Waals surface area contributed by atoms with E-state index in [1.54, 1.807) is 6.20 Å². The van der Waals surface area contributed by atoms with E-state index in [1.165, 1.54) is 0 Å². The minimum atomic E-state index is -0.676. The highest BCUT2D eigenvalue weighted by Crippen LogP contribution is 2.26. The average Bonchev–Trinajstić information content (AvgIpc) is 2.38. The molecule has 19 heavy (non-hydrogen) atoms. The minimum absolute atomic E-state index is 0.118. The van der Waals surface area contributed by atoms with Gasteiger partial charge in [-0.2, -0.15) is 0 Å². The van der Waals surface area contributed by atoms with Gasteiger partial charge in [0.2, 0.25) is 0 Å². The molecule has 1 aromatic heterocycles. The summed E-state index contributed by atoms with van der Waals surface area (Å²) in [5, 5.41) is 10.4. The monoisotopic (exact) mass is 257 g/mol. The largest absolute Gasteiger partial charge is 0.491 e. The standard InChI is InChI=1S/C16H19NO2/c1-11(2)19-14-7-4-6-13(10-14)16(18)15-8-5-9-17-12(15)3/h4-11,16,18H,1-3H3. The van der Waals surface area contributed by atoms with Crippen LogP contribution < -0.4 is 4.74 Å². The van der Waals surface area contributed by atoms with Crippen LogP contribution in [-0.4, -0.2) is 16.2 Å². The fourth-order valence-corrected chi connectivity index (χ4v) is 2.00. The molecule has 3 heteroatoms. The zero-order valence-corrected chi connectivity index (χ0v) is 11.5. The number of aliphatic hydroxyl groups excluding tert-OH is 1. The van der Waals surface area contributed by atoms with Crippen LogP contribution in [-0.2, 0) is 0 Å². The number of aryl methyl sites for hydroxylation is 1. The van der Waals surface area contributed by atoms with Crippen LogP contribution in [0.25, 0.3) is 0 Å². The maximum atomic E-state index is 10.4. The minimum Gasteiger partial charge on any atom is -0.491 e. The Morgan fingerprint density at radius 1 is 1.16 bits per heavy atom. The highest BCUT2D eigenvalue weighted by molar-refractivity contribution is 5.36. The van der Waals surface area contributed by atoms with Crippen molar-refractivity contribution in [2.45, 2.75) is 33.0 Å². The molecule has 2 aromatic rings. The van der Waals surface area contributed by atoms with Gasteiger partial charge in [-0.3, -0.25) is 4.98 Å². The van der Waals surface area contributed by atoms with Crippen molar-refractivity contribution in [3.05, 3.63) is 59.4 Å². The van der Waals surface area contributed by atoms with Crippen LogP contribution in [0, 0.1) is 6.92 Å². The molecule has 100 valence electrons. The van der Waals surface area contributed by atoms with Crippen LogP contribution in [0.1, 0.15) is 36.8 Å². The zero-order valence-electron chi connectivity index (χ0n) is 11.5.